The average molecular weight is 315 g/mol. The lowest BCUT2D eigenvalue weighted by molar-refractivity contribution is 0.424. The Kier molecular flexibility index (Phi) is 5.23. The van der Waals surface area contributed by atoms with E-state index in [0.717, 1.165) is 13.0 Å². The van der Waals surface area contributed by atoms with Crippen molar-refractivity contribution in [3.8, 4) is 0 Å². The highest BCUT2D eigenvalue weighted by Gasteiger charge is 2.14. The second-order valence-corrected chi connectivity index (χ2v) is 5.13. The molecule has 0 saturated heterocycles. The molecule has 7 heteroatoms. The zero-order valence-corrected chi connectivity index (χ0v) is 12.8. The normalized spacial score (nSPS) is 12.4. The van der Waals surface area contributed by atoms with Gasteiger partial charge in [0, 0.05) is 0 Å². The standard InChI is InChI=1S/C13H16Cl2N4O/c1-3-7-16-8(2)12-18-19-13(20-12)17-10-6-4-5-9(14)11(10)15/h4-6,8,16H,3,7H2,1-2H3,(H,17,19). The minimum atomic E-state index is 0.00725. The highest BCUT2D eigenvalue weighted by molar-refractivity contribution is 6.43. The Labute approximate surface area is 127 Å². The maximum atomic E-state index is 6.08. The second kappa shape index (κ2) is 6.92. The first-order chi connectivity index (χ1) is 9.61. The monoisotopic (exact) mass is 314 g/mol. The first-order valence-electron chi connectivity index (χ1n) is 6.39. The Bertz CT molecular complexity index is 573. The third-order valence-electron chi connectivity index (χ3n) is 2.70. The summed E-state index contributed by atoms with van der Waals surface area (Å²) in [5.41, 5.74) is 0.628. The third kappa shape index (κ3) is 3.62. The van der Waals surface area contributed by atoms with Crippen LogP contribution in [0.5, 0.6) is 0 Å². The Hall–Kier alpha value is -1.30. The number of anilines is 2. The number of nitrogens with zero attached hydrogens (tertiary/aromatic N) is 2. The fourth-order valence-electron chi connectivity index (χ4n) is 1.62. The van der Waals surface area contributed by atoms with Crippen LogP contribution in [0.1, 0.15) is 32.2 Å². The van der Waals surface area contributed by atoms with Gasteiger partial charge in [0.1, 0.15) is 0 Å². The van der Waals surface area contributed by atoms with Crippen molar-refractivity contribution in [1.29, 1.82) is 0 Å². The van der Waals surface area contributed by atoms with Gasteiger partial charge in [-0.15, -0.1) is 5.10 Å². The molecule has 0 amide bonds. The van der Waals surface area contributed by atoms with E-state index in [4.69, 9.17) is 27.6 Å². The van der Waals surface area contributed by atoms with E-state index in [1.54, 1.807) is 18.2 Å². The molecule has 2 rings (SSSR count). The predicted molar refractivity (Wildman–Crippen MR) is 80.8 cm³/mol. The van der Waals surface area contributed by atoms with Crippen LogP contribution < -0.4 is 10.6 Å². The molecular formula is C13H16Cl2N4O. The largest absolute Gasteiger partial charge is 0.406 e. The molecule has 0 saturated carbocycles. The van der Waals surface area contributed by atoms with Crippen molar-refractivity contribution in [2.45, 2.75) is 26.3 Å². The van der Waals surface area contributed by atoms with Gasteiger partial charge < -0.3 is 15.1 Å². The van der Waals surface area contributed by atoms with Crippen LogP contribution in [-0.4, -0.2) is 16.7 Å². The van der Waals surface area contributed by atoms with Gasteiger partial charge in [0.25, 0.3) is 0 Å². The molecule has 1 aromatic carbocycles. The summed E-state index contributed by atoms with van der Waals surface area (Å²) in [4.78, 5) is 0. The molecule has 1 atom stereocenters. The molecule has 0 bridgehead atoms. The summed E-state index contributed by atoms with van der Waals surface area (Å²) in [6.45, 7) is 4.97. The summed E-state index contributed by atoms with van der Waals surface area (Å²) >= 11 is 12.0. The number of hydrogen-bond acceptors (Lipinski definition) is 5. The summed E-state index contributed by atoms with van der Waals surface area (Å²) in [6, 6.07) is 5.59. The average Bonchev–Trinajstić information content (AvgIpc) is 2.90. The molecule has 2 N–H and O–H groups in total. The summed E-state index contributed by atoms with van der Waals surface area (Å²) in [6.07, 6.45) is 1.04. The number of rotatable bonds is 6. The fourth-order valence-corrected chi connectivity index (χ4v) is 1.97. The van der Waals surface area contributed by atoms with Crippen molar-refractivity contribution in [2.24, 2.45) is 0 Å². The van der Waals surface area contributed by atoms with Crippen LogP contribution in [0.3, 0.4) is 0 Å². The number of halogens is 2. The van der Waals surface area contributed by atoms with Crippen LogP contribution in [0.4, 0.5) is 11.7 Å². The summed E-state index contributed by atoms with van der Waals surface area (Å²) in [5.74, 6) is 0.527. The van der Waals surface area contributed by atoms with Gasteiger partial charge in [0.05, 0.1) is 21.8 Å². The smallest absolute Gasteiger partial charge is 0.320 e. The van der Waals surface area contributed by atoms with Gasteiger partial charge in [-0.1, -0.05) is 41.3 Å². The molecule has 2 aromatic rings. The zero-order chi connectivity index (χ0) is 14.5. The number of nitrogens with one attached hydrogen (secondary N) is 2. The molecule has 108 valence electrons. The Morgan fingerprint density at radius 2 is 2.10 bits per heavy atom. The summed E-state index contributed by atoms with van der Waals surface area (Å²) in [7, 11) is 0. The van der Waals surface area contributed by atoms with Crippen molar-refractivity contribution < 1.29 is 4.42 Å². The lowest BCUT2D eigenvalue weighted by atomic mass is 10.3. The third-order valence-corrected chi connectivity index (χ3v) is 3.52. The summed E-state index contributed by atoms with van der Waals surface area (Å²) in [5, 5.41) is 15.1. The first-order valence-corrected chi connectivity index (χ1v) is 7.15. The molecule has 0 spiro atoms. The van der Waals surface area contributed by atoms with E-state index in [1.165, 1.54) is 0 Å². The van der Waals surface area contributed by atoms with Crippen molar-refractivity contribution >= 4 is 34.9 Å². The minimum absolute atomic E-state index is 0.00725. The van der Waals surface area contributed by atoms with Gasteiger partial charge in [-0.3, -0.25) is 0 Å². The molecule has 20 heavy (non-hydrogen) atoms. The molecule has 1 aromatic heterocycles. The maximum absolute atomic E-state index is 6.08. The van der Waals surface area contributed by atoms with Gasteiger partial charge >= 0.3 is 6.01 Å². The van der Waals surface area contributed by atoms with Gasteiger partial charge in [-0.05, 0) is 32.0 Å². The van der Waals surface area contributed by atoms with Crippen molar-refractivity contribution in [3.05, 3.63) is 34.1 Å². The van der Waals surface area contributed by atoms with Gasteiger partial charge in [-0.25, -0.2) is 0 Å². The van der Waals surface area contributed by atoms with Crippen LogP contribution >= 0.6 is 23.2 Å². The van der Waals surface area contributed by atoms with Crippen molar-refractivity contribution in [1.82, 2.24) is 15.5 Å². The molecule has 0 radical (unpaired) electrons. The number of aromatic nitrogens is 2. The minimum Gasteiger partial charge on any atom is -0.406 e. The topological polar surface area (TPSA) is 63.0 Å². The number of hydrogen-bond donors (Lipinski definition) is 2. The highest BCUT2D eigenvalue weighted by Crippen LogP contribution is 2.31. The van der Waals surface area contributed by atoms with Crippen LogP contribution in [0, 0.1) is 0 Å². The van der Waals surface area contributed by atoms with Crippen LogP contribution in [0.25, 0.3) is 0 Å². The molecule has 0 aliphatic carbocycles. The molecule has 1 heterocycles. The van der Waals surface area contributed by atoms with Crippen molar-refractivity contribution in [3.63, 3.8) is 0 Å². The van der Waals surface area contributed by atoms with Crippen molar-refractivity contribution in [2.75, 3.05) is 11.9 Å². The van der Waals surface area contributed by atoms with Crippen LogP contribution in [0.2, 0.25) is 10.0 Å². The van der Waals surface area contributed by atoms with E-state index in [1.807, 2.05) is 6.92 Å². The van der Waals surface area contributed by atoms with Crippen LogP contribution in [0.15, 0.2) is 22.6 Å². The van der Waals surface area contributed by atoms with E-state index in [9.17, 15) is 0 Å². The van der Waals surface area contributed by atoms with E-state index < -0.39 is 0 Å². The summed E-state index contributed by atoms with van der Waals surface area (Å²) < 4.78 is 5.54. The van der Waals surface area contributed by atoms with E-state index in [-0.39, 0.29) is 12.1 Å². The molecule has 5 nitrogen and oxygen atoms in total. The molecule has 0 aliphatic rings. The van der Waals surface area contributed by atoms with Gasteiger partial charge in [0.2, 0.25) is 5.89 Å². The lowest BCUT2D eigenvalue weighted by Crippen LogP contribution is -2.19. The molecule has 0 aliphatic heterocycles. The highest BCUT2D eigenvalue weighted by atomic mass is 35.5. The van der Waals surface area contributed by atoms with E-state index >= 15 is 0 Å². The van der Waals surface area contributed by atoms with Gasteiger partial charge in [0.15, 0.2) is 0 Å². The Balaban J connectivity index is 2.07. The van der Waals surface area contributed by atoms with E-state index in [0.29, 0.717) is 21.6 Å². The predicted octanol–water partition coefficient (Wildman–Crippen LogP) is 4.18. The first kappa shape index (κ1) is 15.1. The number of benzene rings is 1. The lowest BCUT2D eigenvalue weighted by Gasteiger charge is -2.08. The maximum Gasteiger partial charge on any atom is 0.320 e. The molecule has 1 unspecified atom stereocenters. The zero-order valence-electron chi connectivity index (χ0n) is 11.3. The van der Waals surface area contributed by atoms with Crippen LogP contribution in [-0.2, 0) is 0 Å². The molecule has 0 fully saturated rings. The Morgan fingerprint density at radius 1 is 1.30 bits per heavy atom. The Morgan fingerprint density at radius 3 is 2.85 bits per heavy atom. The SMILES string of the molecule is CCCNC(C)c1nnc(Nc2cccc(Cl)c2Cl)o1. The quantitative estimate of drug-likeness (QED) is 0.837. The molecular weight excluding hydrogens is 299 g/mol. The van der Waals surface area contributed by atoms with E-state index in [2.05, 4.69) is 27.8 Å². The fraction of sp³-hybridized carbons (Fsp3) is 0.385. The van der Waals surface area contributed by atoms with Gasteiger partial charge in [-0.2, -0.15) is 0 Å². The second-order valence-electron chi connectivity index (χ2n) is 4.35.